The van der Waals surface area contributed by atoms with Crippen molar-refractivity contribution in [1.82, 2.24) is 10.2 Å². The van der Waals surface area contributed by atoms with Crippen molar-refractivity contribution in [3.63, 3.8) is 0 Å². The van der Waals surface area contributed by atoms with Gasteiger partial charge in [-0.2, -0.15) is 0 Å². The number of likely N-dealkylation sites (tertiary alicyclic amines) is 1. The van der Waals surface area contributed by atoms with Gasteiger partial charge in [-0.15, -0.1) is 0 Å². The molecule has 2 fully saturated rings. The maximum absolute atomic E-state index is 15.0. The molecule has 5 rings (SSSR count). The van der Waals surface area contributed by atoms with Crippen molar-refractivity contribution in [2.24, 2.45) is 5.92 Å². The predicted molar refractivity (Wildman–Crippen MR) is 141 cm³/mol. The first-order chi connectivity index (χ1) is 17.7. The smallest absolute Gasteiger partial charge is 0.226 e. The molecule has 0 spiro atoms. The number of ether oxygens (including phenoxy) is 1. The van der Waals surface area contributed by atoms with Crippen molar-refractivity contribution in [3.8, 4) is 16.9 Å². The lowest BCUT2D eigenvalue weighted by molar-refractivity contribution is -0.137. The van der Waals surface area contributed by atoms with E-state index < -0.39 is 0 Å². The van der Waals surface area contributed by atoms with Gasteiger partial charge in [-0.1, -0.05) is 73.9 Å². The van der Waals surface area contributed by atoms with Crippen molar-refractivity contribution >= 4 is 5.91 Å². The lowest BCUT2D eigenvalue weighted by Gasteiger charge is -2.33. The summed E-state index contributed by atoms with van der Waals surface area (Å²) in [6.45, 7) is 1.22. The molecular formula is C31H35FN2O2. The van der Waals surface area contributed by atoms with Gasteiger partial charge in [-0.05, 0) is 48.6 Å². The topological polar surface area (TPSA) is 41.6 Å². The standard InChI is InChI=1S/C31H35FN2O2/c1-36-29-17-16-24(22-10-4-2-5-11-22)20-25(29)21-33-28-18-19-34(31(35)23-12-6-3-7-13-23)30(28)26-14-8-9-15-27(26)32/h2,4-5,8-11,14-17,20,23,28,30,33H,3,6-7,12-13,18-19,21H2,1H3. The van der Waals surface area contributed by atoms with Crippen LogP contribution in [0.4, 0.5) is 4.39 Å². The molecule has 1 saturated carbocycles. The average Bonchev–Trinajstić information content (AvgIpc) is 3.36. The van der Waals surface area contributed by atoms with E-state index in [1.54, 1.807) is 13.2 Å². The molecule has 3 aromatic rings. The molecule has 36 heavy (non-hydrogen) atoms. The van der Waals surface area contributed by atoms with Crippen molar-refractivity contribution in [2.75, 3.05) is 13.7 Å². The molecule has 0 radical (unpaired) electrons. The highest BCUT2D eigenvalue weighted by Gasteiger charge is 2.41. The van der Waals surface area contributed by atoms with E-state index in [0.29, 0.717) is 18.7 Å². The van der Waals surface area contributed by atoms with Gasteiger partial charge in [-0.3, -0.25) is 4.79 Å². The van der Waals surface area contributed by atoms with E-state index in [9.17, 15) is 4.79 Å². The molecule has 5 heteroatoms. The van der Waals surface area contributed by atoms with Crippen LogP contribution < -0.4 is 10.1 Å². The normalized spacial score (nSPS) is 20.4. The van der Waals surface area contributed by atoms with Gasteiger partial charge in [0.05, 0.1) is 13.2 Å². The molecule has 1 saturated heterocycles. The summed E-state index contributed by atoms with van der Waals surface area (Å²) in [5.74, 6) is 0.824. The fourth-order valence-electron chi connectivity index (χ4n) is 5.90. The molecule has 2 unspecified atom stereocenters. The monoisotopic (exact) mass is 486 g/mol. The summed E-state index contributed by atoms with van der Waals surface area (Å²) in [5.41, 5.74) is 3.92. The summed E-state index contributed by atoms with van der Waals surface area (Å²) in [6, 6.07) is 23.0. The molecule has 0 bridgehead atoms. The fraction of sp³-hybridized carbons (Fsp3) is 0.387. The predicted octanol–water partition coefficient (Wildman–Crippen LogP) is 6.51. The molecule has 1 aliphatic heterocycles. The Bertz CT molecular complexity index is 1180. The zero-order valence-electron chi connectivity index (χ0n) is 21.0. The lowest BCUT2D eigenvalue weighted by Crippen LogP contribution is -2.41. The summed E-state index contributed by atoms with van der Waals surface area (Å²) in [6.07, 6.45) is 6.09. The van der Waals surface area contributed by atoms with Gasteiger partial charge < -0.3 is 15.0 Å². The second-order valence-corrected chi connectivity index (χ2v) is 10.0. The minimum Gasteiger partial charge on any atom is -0.496 e. The number of rotatable bonds is 7. The van der Waals surface area contributed by atoms with Crippen molar-refractivity contribution < 1.29 is 13.9 Å². The third-order valence-electron chi connectivity index (χ3n) is 7.80. The van der Waals surface area contributed by atoms with Crippen LogP contribution in [0.15, 0.2) is 72.8 Å². The number of carbonyl (C=O) groups excluding carboxylic acids is 1. The Balaban J connectivity index is 1.39. The van der Waals surface area contributed by atoms with Crippen LogP contribution in [0.2, 0.25) is 0 Å². The number of halogens is 1. The zero-order valence-corrected chi connectivity index (χ0v) is 21.0. The van der Waals surface area contributed by atoms with Crippen LogP contribution >= 0.6 is 0 Å². The summed E-state index contributed by atoms with van der Waals surface area (Å²) in [5, 5.41) is 3.67. The van der Waals surface area contributed by atoms with Crippen molar-refractivity contribution in [2.45, 2.75) is 57.2 Å². The fourth-order valence-corrected chi connectivity index (χ4v) is 5.90. The summed E-state index contributed by atoms with van der Waals surface area (Å²) in [7, 11) is 1.68. The number of carbonyl (C=O) groups is 1. The number of amides is 1. The molecule has 2 aliphatic rings. The molecule has 4 nitrogen and oxygen atoms in total. The van der Waals surface area contributed by atoms with Crippen molar-refractivity contribution in [3.05, 3.63) is 89.7 Å². The van der Waals surface area contributed by atoms with E-state index in [-0.39, 0.29) is 29.7 Å². The SMILES string of the molecule is COc1ccc(-c2ccccc2)cc1CNC1CCN(C(=O)C2CCCCC2)C1c1ccccc1F. The maximum atomic E-state index is 15.0. The summed E-state index contributed by atoms with van der Waals surface area (Å²) >= 11 is 0. The van der Waals surface area contributed by atoms with E-state index >= 15 is 4.39 Å². The Kier molecular flexibility index (Phi) is 7.66. The Morgan fingerprint density at radius 1 is 0.944 bits per heavy atom. The first-order valence-electron chi connectivity index (χ1n) is 13.2. The quantitative estimate of drug-likeness (QED) is 0.414. The van der Waals surface area contributed by atoms with E-state index in [1.807, 2.05) is 41.3 Å². The number of nitrogens with one attached hydrogen (secondary N) is 1. The minimum atomic E-state index is -0.316. The Labute approximate surface area is 213 Å². The Hall–Kier alpha value is -3.18. The van der Waals surface area contributed by atoms with Gasteiger partial charge in [0, 0.05) is 36.2 Å². The number of benzene rings is 3. The number of hydrogen-bond donors (Lipinski definition) is 1. The van der Waals surface area contributed by atoms with E-state index in [4.69, 9.17) is 4.74 Å². The largest absolute Gasteiger partial charge is 0.496 e. The molecule has 2 atom stereocenters. The van der Waals surface area contributed by atoms with Crippen LogP contribution in [-0.4, -0.2) is 30.5 Å². The van der Waals surface area contributed by atoms with Gasteiger partial charge in [-0.25, -0.2) is 4.39 Å². The molecule has 1 amide bonds. The van der Waals surface area contributed by atoms with Gasteiger partial charge in [0.2, 0.25) is 5.91 Å². The van der Waals surface area contributed by atoms with Gasteiger partial charge in [0.15, 0.2) is 0 Å². The van der Waals surface area contributed by atoms with Crippen LogP contribution in [0, 0.1) is 11.7 Å². The van der Waals surface area contributed by atoms with Crippen LogP contribution in [0.1, 0.15) is 55.7 Å². The molecule has 0 aromatic heterocycles. The Morgan fingerprint density at radius 3 is 2.44 bits per heavy atom. The first kappa shape index (κ1) is 24.5. The highest BCUT2D eigenvalue weighted by Crippen LogP contribution is 2.38. The second-order valence-electron chi connectivity index (χ2n) is 10.0. The zero-order chi connectivity index (χ0) is 24.9. The van der Waals surface area contributed by atoms with Crippen LogP contribution in [0.5, 0.6) is 5.75 Å². The minimum absolute atomic E-state index is 0.0421. The number of hydrogen-bond acceptors (Lipinski definition) is 3. The van der Waals surface area contributed by atoms with Crippen molar-refractivity contribution in [1.29, 1.82) is 0 Å². The summed E-state index contributed by atoms with van der Waals surface area (Å²) < 4.78 is 20.7. The Morgan fingerprint density at radius 2 is 1.69 bits per heavy atom. The number of nitrogens with zero attached hydrogens (tertiary/aromatic N) is 1. The third-order valence-corrected chi connectivity index (χ3v) is 7.80. The van der Waals surface area contributed by atoms with Gasteiger partial charge in [0.1, 0.15) is 11.6 Å². The third kappa shape index (κ3) is 5.17. The number of methoxy groups -OCH3 is 1. The average molecular weight is 487 g/mol. The van der Waals surface area contributed by atoms with E-state index in [1.165, 1.54) is 12.5 Å². The van der Waals surface area contributed by atoms with E-state index in [2.05, 4.69) is 29.6 Å². The van der Waals surface area contributed by atoms with Gasteiger partial charge >= 0.3 is 0 Å². The first-order valence-corrected chi connectivity index (χ1v) is 13.2. The highest BCUT2D eigenvalue weighted by atomic mass is 19.1. The van der Waals surface area contributed by atoms with Gasteiger partial charge in [0.25, 0.3) is 0 Å². The summed E-state index contributed by atoms with van der Waals surface area (Å²) in [4.78, 5) is 15.5. The maximum Gasteiger partial charge on any atom is 0.226 e. The molecular weight excluding hydrogens is 451 g/mol. The van der Waals surface area contributed by atoms with Crippen LogP contribution in [0.25, 0.3) is 11.1 Å². The molecule has 1 aliphatic carbocycles. The lowest BCUT2D eigenvalue weighted by atomic mass is 9.87. The molecule has 1 N–H and O–H groups in total. The van der Waals surface area contributed by atoms with E-state index in [0.717, 1.165) is 54.5 Å². The molecule has 188 valence electrons. The molecule has 1 heterocycles. The second kappa shape index (κ2) is 11.3. The van der Waals surface area contributed by atoms with Crippen LogP contribution in [-0.2, 0) is 11.3 Å². The highest BCUT2D eigenvalue weighted by molar-refractivity contribution is 5.80. The molecule has 3 aromatic carbocycles. The van der Waals surface area contributed by atoms with Crippen LogP contribution in [0.3, 0.4) is 0 Å².